The van der Waals surface area contributed by atoms with Crippen LogP contribution >= 0.6 is 0 Å². The monoisotopic (exact) mass is 410 g/mol. The minimum absolute atomic E-state index is 0.106. The Morgan fingerprint density at radius 1 is 0.933 bits per heavy atom. The van der Waals surface area contributed by atoms with Crippen LogP contribution in [0.5, 0.6) is 0 Å². The number of nitrogens with one attached hydrogen (secondary N) is 2. The van der Waals surface area contributed by atoms with E-state index in [1.807, 2.05) is 19.1 Å². The molecule has 8 heteroatoms. The molecule has 0 radical (unpaired) electrons. The normalized spacial score (nSPS) is 11.9. The van der Waals surface area contributed by atoms with Crippen molar-refractivity contribution in [2.75, 3.05) is 10.6 Å². The molecule has 2 aromatic carbocycles. The van der Waals surface area contributed by atoms with Gasteiger partial charge in [-0.05, 0) is 57.2 Å². The Morgan fingerprint density at radius 2 is 1.47 bits per heavy atom. The highest BCUT2D eigenvalue weighted by Gasteiger charge is 2.19. The predicted octanol–water partition coefficient (Wildman–Crippen LogP) is 3.15. The number of carboxylic acid groups (broad SMARTS) is 1. The number of aliphatic carboxylic acids is 1. The first-order valence-electron chi connectivity index (χ1n) is 9.07. The van der Waals surface area contributed by atoms with Crippen molar-refractivity contribution in [2.45, 2.75) is 26.9 Å². The number of carbonyl (C=O) groups is 4. The third kappa shape index (κ3) is 6.59. The Balaban J connectivity index is 1.92. The number of rotatable bonds is 7. The molecule has 2 aromatic rings. The van der Waals surface area contributed by atoms with Gasteiger partial charge in [-0.1, -0.05) is 17.7 Å². The van der Waals surface area contributed by atoms with E-state index in [0.717, 1.165) is 11.6 Å². The van der Waals surface area contributed by atoms with E-state index in [2.05, 4.69) is 10.6 Å². The summed E-state index contributed by atoms with van der Waals surface area (Å²) in [6, 6.07) is 13.0. The number of carboxylic acids is 1. The van der Waals surface area contributed by atoms with Gasteiger partial charge in [0.05, 0.1) is 5.56 Å². The Kier molecular flexibility index (Phi) is 7.46. The predicted molar refractivity (Wildman–Crippen MR) is 111 cm³/mol. The molecule has 0 spiro atoms. The fraction of sp³-hybridized carbons (Fsp3) is 0.182. The van der Waals surface area contributed by atoms with Crippen LogP contribution in [0.15, 0.2) is 60.2 Å². The molecule has 0 bridgehead atoms. The van der Waals surface area contributed by atoms with Crippen molar-refractivity contribution >= 4 is 35.1 Å². The minimum Gasteiger partial charge on any atom is -0.478 e. The lowest BCUT2D eigenvalue weighted by Crippen LogP contribution is -2.30. The molecule has 2 amide bonds. The Morgan fingerprint density at radius 3 is 2.03 bits per heavy atom. The highest BCUT2D eigenvalue weighted by Crippen LogP contribution is 2.13. The lowest BCUT2D eigenvalue weighted by Gasteiger charge is -2.14. The van der Waals surface area contributed by atoms with Crippen molar-refractivity contribution in [3.63, 3.8) is 0 Å². The number of hydrogen-bond donors (Lipinski definition) is 3. The van der Waals surface area contributed by atoms with Crippen molar-refractivity contribution in [3.8, 4) is 0 Å². The fourth-order valence-corrected chi connectivity index (χ4v) is 2.29. The zero-order valence-corrected chi connectivity index (χ0v) is 16.8. The smallest absolute Gasteiger partial charge is 0.338 e. The van der Waals surface area contributed by atoms with Crippen molar-refractivity contribution in [3.05, 3.63) is 71.3 Å². The quantitative estimate of drug-likeness (QED) is 0.476. The number of esters is 1. The summed E-state index contributed by atoms with van der Waals surface area (Å²) < 4.78 is 5.18. The standard InChI is InChI=1S/C22H22N2O6/c1-13-4-8-18(9-5-13)24-20(26)15(3)30-22(29)16-6-10-17(11-7-16)23-19(25)12-14(2)21(27)28/h4-12,15H,1-3H3,(H,23,25)(H,24,26)(H,27,28). The molecule has 0 fully saturated rings. The van der Waals surface area contributed by atoms with Gasteiger partial charge >= 0.3 is 11.9 Å². The van der Waals surface area contributed by atoms with Crippen molar-refractivity contribution in [1.82, 2.24) is 0 Å². The molecular formula is C22H22N2O6. The number of benzene rings is 2. The van der Waals surface area contributed by atoms with Gasteiger partial charge in [0.2, 0.25) is 5.91 Å². The molecule has 0 saturated carbocycles. The van der Waals surface area contributed by atoms with E-state index in [4.69, 9.17) is 9.84 Å². The molecule has 0 aliphatic carbocycles. The average Bonchev–Trinajstić information content (AvgIpc) is 2.69. The van der Waals surface area contributed by atoms with Gasteiger partial charge in [-0.2, -0.15) is 0 Å². The molecule has 0 aromatic heterocycles. The van der Waals surface area contributed by atoms with E-state index in [-0.39, 0.29) is 11.1 Å². The van der Waals surface area contributed by atoms with Gasteiger partial charge < -0.3 is 20.5 Å². The molecule has 2 rings (SSSR count). The van der Waals surface area contributed by atoms with Gasteiger partial charge in [-0.15, -0.1) is 0 Å². The van der Waals surface area contributed by atoms with Crippen LogP contribution in [0.4, 0.5) is 11.4 Å². The first kappa shape index (κ1) is 22.4. The van der Waals surface area contributed by atoms with Gasteiger partial charge in [0.25, 0.3) is 5.91 Å². The number of hydrogen-bond acceptors (Lipinski definition) is 5. The van der Waals surface area contributed by atoms with Gasteiger partial charge in [-0.25, -0.2) is 9.59 Å². The Labute approximate surface area is 173 Å². The maximum absolute atomic E-state index is 12.2. The van der Waals surface area contributed by atoms with Crippen LogP contribution in [0.25, 0.3) is 0 Å². The number of ether oxygens (including phenoxy) is 1. The van der Waals surface area contributed by atoms with Crippen LogP contribution in [-0.2, 0) is 19.1 Å². The van der Waals surface area contributed by atoms with Crippen LogP contribution in [0, 0.1) is 6.92 Å². The highest BCUT2D eigenvalue weighted by atomic mass is 16.5. The number of carbonyl (C=O) groups excluding carboxylic acids is 3. The Bertz CT molecular complexity index is 978. The highest BCUT2D eigenvalue weighted by molar-refractivity contribution is 6.04. The number of aryl methyl sites for hydroxylation is 1. The topological polar surface area (TPSA) is 122 Å². The van der Waals surface area contributed by atoms with Crippen molar-refractivity contribution < 1.29 is 29.0 Å². The largest absolute Gasteiger partial charge is 0.478 e. The van der Waals surface area contributed by atoms with Crippen molar-refractivity contribution in [1.29, 1.82) is 0 Å². The lowest BCUT2D eigenvalue weighted by molar-refractivity contribution is -0.132. The SMILES string of the molecule is CC(=CC(=O)Nc1ccc(C(=O)OC(C)C(=O)Nc2ccc(C)cc2)cc1)C(=O)O. The average molecular weight is 410 g/mol. The molecule has 3 N–H and O–H groups in total. The fourth-order valence-electron chi connectivity index (χ4n) is 2.29. The van der Waals surface area contributed by atoms with E-state index < -0.39 is 29.9 Å². The van der Waals surface area contributed by atoms with E-state index in [0.29, 0.717) is 11.4 Å². The van der Waals surface area contributed by atoms with Crippen LogP contribution in [0.3, 0.4) is 0 Å². The second kappa shape index (κ2) is 10.0. The van der Waals surface area contributed by atoms with E-state index in [9.17, 15) is 19.2 Å². The summed E-state index contributed by atoms with van der Waals surface area (Å²) in [5, 5.41) is 13.9. The zero-order valence-electron chi connectivity index (χ0n) is 16.8. The maximum Gasteiger partial charge on any atom is 0.338 e. The molecular weight excluding hydrogens is 388 g/mol. The molecule has 0 saturated heterocycles. The second-order valence-corrected chi connectivity index (χ2v) is 6.60. The molecule has 30 heavy (non-hydrogen) atoms. The lowest BCUT2D eigenvalue weighted by atomic mass is 10.2. The van der Waals surface area contributed by atoms with Gasteiger partial charge in [-0.3, -0.25) is 9.59 Å². The second-order valence-electron chi connectivity index (χ2n) is 6.60. The zero-order chi connectivity index (χ0) is 22.3. The summed E-state index contributed by atoms with van der Waals surface area (Å²) in [4.78, 5) is 46.9. The van der Waals surface area contributed by atoms with E-state index in [1.54, 1.807) is 12.1 Å². The van der Waals surface area contributed by atoms with Gasteiger partial charge in [0.15, 0.2) is 6.10 Å². The summed E-state index contributed by atoms with van der Waals surface area (Å²) in [5.74, 6) is -2.95. The van der Waals surface area contributed by atoms with Gasteiger partial charge in [0.1, 0.15) is 0 Å². The first-order valence-corrected chi connectivity index (χ1v) is 9.07. The molecule has 156 valence electrons. The minimum atomic E-state index is -1.19. The van der Waals surface area contributed by atoms with Crippen LogP contribution < -0.4 is 10.6 Å². The summed E-state index contributed by atoms with van der Waals surface area (Å²) in [5.41, 5.74) is 2.11. The van der Waals surface area contributed by atoms with Crippen LogP contribution in [0.1, 0.15) is 29.8 Å². The van der Waals surface area contributed by atoms with Crippen LogP contribution in [0.2, 0.25) is 0 Å². The number of anilines is 2. The molecule has 8 nitrogen and oxygen atoms in total. The first-order chi connectivity index (χ1) is 14.2. The molecule has 0 aliphatic heterocycles. The third-order valence-electron chi connectivity index (χ3n) is 4.05. The Hall–Kier alpha value is -3.94. The molecule has 0 heterocycles. The molecule has 0 aliphatic rings. The summed E-state index contributed by atoms with van der Waals surface area (Å²) in [6.45, 7) is 4.70. The number of amides is 2. The van der Waals surface area contributed by atoms with E-state index >= 15 is 0 Å². The summed E-state index contributed by atoms with van der Waals surface area (Å²) >= 11 is 0. The van der Waals surface area contributed by atoms with Crippen molar-refractivity contribution in [2.24, 2.45) is 0 Å². The van der Waals surface area contributed by atoms with Crippen LogP contribution in [-0.4, -0.2) is 35.0 Å². The molecule has 1 atom stereocenters. The van der Waals surface area contributed by atoms with Gasteiger partial charge in [0, 0.05) is 23.0 Å². The summed E-state index contributed by atoms with van der Waals surface area (Å²) in [6.07, 6.45) is -0.0546. The molecule has 1 unspecified atom stereocenters. The maximum atomic E-state index is 12.2. The summed E-state index contributed by atoms with van der Waals surface area (Å²) in [7, 11) is 0. The van der Waals surface area contributed by atoms with E-state index in [1.165, 1.54) is 38.1 Å². The third-order valence-corrected chi connectivity index (χ3v) is 4.05.